The van der Waals surface area contributed by atoms with Gasteiger partial charge in [-0.15, -0.1) is 0 Å². The van der Waals surface area contributed by atoms with E-state index in [9.17, 15) is 8.78 Å². The SMILES string of the molecule is FC(F)COc1cc(CN[C@@H]2[C@H]3CCO[C@@H]3C23CCC3)ccn1. The molecule has 6 heteroatoms. The Balaban J connectivity index is 1.36. The molecule has 4 nitrogen and oxygen atoms in total. The van der Waals surface area contributed by atoms with E-state index in [4.69, 9.17) is 9.47 Å². The maximum absolute atomic E-state index is 12.2. The summed E-state index contributed by atoms with van der Waals surface area (Å²) < 4.78 is 35.3. The Kier molecular flexibility index (Phi) is 3.97. The minimum absolute atomic E-state index is 0.263. The molecule has 0 radical (unpaired) electrons. The number of fused-ring (bicyclic) bond motifs is 2. The first-order valence-electron chi connectivity index (χ1n) is 8.40. The molecule has 1 saturated heterocycles. The van der Waals surface area contributed by atoms with Crippen LogP contribution < -0.4 is 10.1 Å². The molecule has 0 amide bonds. The predicted molar refractivity (Wildman–Crippen MR) is 80.5 cm³/mol. The zero-order valence-electron chi connectivity index (χ0n) is 13.0. The van der Waals surface area contributed by atoms with Crippen LogP contribution in [0.2, 0.25) is 0 Å². The number of nitrogens with zero attached hydrogens (tertiary/aromatic N) is 1. The highest BCUT2D eigenvalue weighted by Gasteiger charge is 2.66. The Hall–Kier alpha value is -1.27. The number of pyridine rings is 1. The molecule has 1 aliphatic heterocycles. The number of alkyl halides is 2. The van der Waals surface area contributed by atoms with E-state index in [0.29, 0.717) is 30.0 Å². The minimum Gasteiger partial charge on any atom is -0.472 e. The van der Waals surface area contributed by atoms with Crippen molar-refractivity contribution >= 4 is 0 Å². The molecule has 4 rings (SSSR count). The summed E-state index contributed by atoms with van der Waals surface area (Å²) in [4.78, 5) is 3.98. The number of hydrogen-bond donors (Lipinski definition) is 1. The lowest BCUT2D eigenvalue weighted by atomic mass is 9.46. The van der Waals surface area contributed by atoms with Crippen molar-refractivity contribution < 1.29 is 18.3 Å². The van der Waals surface area contributed by atoms with Gasteiger partial charge in [-0.1, -0.05) is 6.42 Å². The summed E-state index contributed by atoms with van der Waals surface area (Å²) in [6.07, 6.45) is 4.53. The molecule has 2 aliphatic carbocycles. The van der Waals surface area contributed by atoms with Crippen LogP contribution in [0.4, 0.5) is 8.78 Å². The fourth-order valence-electron chi connectivity index (χ4n) is 4.58. The fourth-order valence-corrected chi connectivity index (χ4v) is 4.58. The van der Waals surface area contributed by atoms with Crippen molar-refractivity contribution in [3.8, 4) is 5.88 Å². The molecule has 1 N–H and O–H groups in total. The van der Waals surface area contributed by atoms with E-state index in [1.807, 2.05) is 6.07 Å². The number of hydrogen-bond acceptors (Lipinski definition) is 4. The summed E-state index contributed by atoms with van der Waals surface area (Å²) in [7, 11) is 0. The van der Waals surface area contributed by atoms with Gasteiger partial charge in [0.25, 0.3) is 6.43 Å². The van der Waals surface area contributed by atoms with Crippen molar-refractivity contribution in [3.05, 3.63) is 23.9 Å². The highest BCUT2D eigenvalue weighted by Crippen LogP contribution is 2.62. The van der Waals surface area contributed by atoms with E-state index in [0.717, 1.165) is 18.6 Å². The molecule has 126 valence electrons. The smallest absolute Gasteiger partial charge is 0.272 e. The largest absolute Gasteiger partial charge is 0.472 e. The van der Waals surface area contributed by atoms with Crippen LogP contribution in [-0.4, -0.2) is 36.8 Å². The standard InChI is InChI=1S/C17H22F2N2O2/c18-13(19)10-23-14-8-11(2-6-20-14)9-21-15-12-3-7-22-16(12)17(15)4-1-5-17/h2,6,8,12-13,15-16,21H,1,3-5,7,9-10H2/t12-,15-,16+/m1/s1. The molecule has 1 aromatic rings. The Morgan fingerprint density at radius 2 is 2.30 bits per heavy atom. The molecule has 0 aromatic carbocycles. The molecule has 3 atom stereocenters. The third-order valence-electron chi connectivity index (χ3n) is 5.72. The van der Waals surface area contributed by atoms with Crippen LogP contribution in [-0.2, 0) is 11.3 Å². The van der Waals surface area contributed by atoms with E-state index >= 15 is 0 Å². The molecule has 1 spiro atoms. The first-order chi connectivity index (χ1) is 11.2. The Morgan fingerprint density at radius 1 is 1.43 bits per heavy atom. The van der Waals surface area contributed by atoms with Crippen LogP contribution in [0.1, 0.15) is 31.2 Å². The van der Waals surface area contributed by atoms with Crippen molar-refractivity contribution in [1.29, 1.82) is 0 Å². The number of aromatic nitrogens is 1. The van der Waals surface area contributed by atoms with Crippen LogP contribution in [0.15, 0.2) is 18.3 Å². The van der Waals surface area contributed by atoms with Gasteiger partial charge < -0.3 is 14.8 Å². The summed E-state index contributed by atoms with van der Waals surface area (Å²) in [6, 6.07) is 4.16. The molecule has 1 aromatic heterocycles. The topological polar surface area (TPSA) is 43.4 Å². The summed E-state index contributed by atoms with van der Waals surface area (Å²) in [5.41, 5.74) is 1.37. The van der Waals surface area contributed by atoms with Gasteiger partial charge in [0.15, 0.2) is 6.61 Å². The summed E-state index contributed by atoms with van der Waals surface area (Å²) in [5.74, 6) is 0.894. The number of nitrogens with one attached hydrogen (secondary N) is 1. The van der Waals surface area contributed by atoms with Crippen molar-refractivity contribution in [1.82, 2.24) is 10.3 Å². The molecule has 0 unspecified atom stereocenters. The highest BCUT2D eigenvalue weighted by molar-refractivity contribution is 5.22. The Labute approximate surface area is 134 Å². The average Bonchev–Trinajstić information content (AvgIpc) is 2.89. The first-order valence-corrected chi connectivity index (χ1v) is 8.40. The lowest BCUT2D eigenvalue weighted by Gasteiger charge is -2.63. The third kappa shape index (κ3) is 2.62. The van der Waals surface area contributed by atoms with Gasteiger partial charge in [0.2, 0.25) is 5.88 Å². The van der Waals surface area contributed by atoms with Gasteiger partial charge in [-0.25, -0.2) is 13.8 Å². The molecule has 2 saturated carbocycles. The van der Waals surface area contributed by atoms with E-state index in [2.05, 4.69) is 10.3 Å². The summed E-state index contributed by atoms with van der Waals surface area (Å²) in [6.45, 7) is 0.982. The van der Waals surface area contributed by atoms with Gasteiger partial charge in [0.1, 0.15) is 0 Å². The second-order valence-electron chi connectivity index (χ2n) is 6.89. The van der Waals surface area contributed by atoms with Gasteiger partial charge >= 0.3 is 0 Å². The number of ether oxygens (including phenoxy) is 2. The van der Waals surface area contributed by atoms with Crippen molar-refractivity contribution in [2.75, 3.05) is 13.2 Å². The molecule has 23 heavy (non-hydrogen) atoms. The quantitative estimate of drug-likeness (QED) is 0.874. The Morgan fingerprint density at radius 3 is 3.04 bits per heavy atom. The lowest BCUT2D eigenvalue weighted by molar-refractivity contribution is -0.176. The maximum atomic E-state index is 12.2. The van der Waals surface area contributed by atoms with Crippen LogP contribution in [0.3, 0.4) is 0 Å². The lowest BCUT2D eigenvalue weighted by Crippen LogP contribution is -2.70. The van der Waals surface area contributed by atoms with Crippen LogP contribution >= 0.6 is 0 Å². The second-order valence-corrected chi connectivity index (χ2v) is 6.89. The predicted octanol–water partition coefficient (Wildman–Crippen LogP) is 2.77. The number of halogens is 2. The van der Waals surface area contributed by atoms with Crippen molar-refractivity contribution in [2.24, 2.45) is 11.3 Å². The van der Waals surface area contributed by atoms with E-state index in [1.54, 1.807) is 12.3 Å². The van der Waals surface area contributed by atoms with Gasteiger partial charge in [0, 0.05) is 42.8 Å². The van der Waals surface area contributed by atoms with E-state index in [1.165, 1.54) is 19.3 Å². The molecular formula is C17H22F2N2O2. The number of rotatable bonds is 6. The molecule has 3 fully saturated rings. The zero-order valence-corrected chi connectivity index (χ0v) is 13.0. The van der Waals surface area contributed by atoms with Gasteiger partial charge in [-0.05, 0) is 30.9 Å². The van der Waals surface area contributed by atoms with E-state index < -0.39 is 13.0 Å². The third-order valence-corrected chi connectivity index (χ3v) is 5.72. The van der Waals surface area contributed by atoms with Gasteiger partial charge in [0.05, 0.1) is 6.10 Å². The average molecular weight is 324 g/mol. The first kappa shape index (κ1) is 15.3. The van der Waals surface area contributed by atoms with Crippen molar-refractivity contribution in [3.63, 3.8) is 0 Å². The van der Waals surface area contributed by atoms with Crippen LogP contribution in [0.25, 0.3) is 0 Å². The maximum Gasteiger partial charge on any atom is 0.272 e. The van der Waals surface area contributed by atoms with Gasteiger partial charge in [-0.3, -0.25) is 0 Å². The summed E-state index contributed by atoms with van der Waals surface area (Å²) >= 11 is 0. The molecular weight excluding hydrogens is 302 g/mol. The monoisotopic (exact) mass is 324 g/mol. The van der Waals surface area contributed by atoms with Crippen LogP contribution in [0.5, 0.6) is 5.88 Å². The molecule has 2 heterocycles. The zero-order chi connectivity index (χ0) is 15.9. The van der Waals surface area contributed by atoms with Crippen molar-refractivity contribution in [2.45, 2.75) is 50.8 Å². The Bertz CT molecular complexity index is 565. The fraction of sp³-hybridized carbons (Fsp3) is 0.706. The minimum atomic E-state index is -2.48. The van der Waals surface area contributed by atoms with E-state index in [-0.39, 0.29) is 5.88 Å². The highest BCUT2D eigenvalue weighted by atomic mass is 19.3. The normalized spacial score (nSPS) is 30.8. The van der Waals surface area contributed by atoms with Gasteiger partial charge in [-0.2, -0.15) is 0 Å². The van der Waals surface area contributed by atoms with Crippen LogP contribution in [0, 0.1) is 11.3 Å². The second kappa shape index (κ2) is 5.98. The summed E-state index contributed by atoms with van der Waals surface area (Å²) in [5, 5.41) is 3.68. The molecule has 0 bridgehead atoms. The molecule has 3 aliphatic rings.